The van der Waals surface area contributed by atoms with Gasteiger partial charge in [-0.05, 0) is 38.6 Å². The molecule has 0 spiro atoms. The number of likely N-dealkylation sites (N-methyl/N-ethyl adjacent to an activating group) is 1. The third-order valence-electron chi connectivity index (χ3n) is 3.33. The molecule has 0 saturated carbocycles. The Bertz CT molecular complexity index is 350. The zero-order valence-corrected chi connectivity index (χ0v) is 12.7. The molecule has 0 aliphatic heterocycles. The van der Waals surface area contributed by atoms with Gasteiger partial charge in [-0.2, -0.15) is 0 Å². The van der Waals surface area contributed by atoms with Crippen molar-refractivity contribution in [2.24, 2.45) is 0 Å². The van der Waals surface area contributed by atoms with Gasteiger partial charge in [0, 0.05) is 23.7 Å². The Morgan fingerprint density at radius 2 is 1.78 bits per heavy atom. The first-order valence-corrected chi connectivity index (χ1v) is 7.19. The highest BCUT2D eigenvalue weighted by Crippen LogP contribution is 2.22. The molecule has 1 aromatic carbocycles. The van der Waals surface area contributed by atoms with Crippen molar-refractivity contribution < 1.29 is 0 Å². The molecule has 2 unspecified atom stereocenters. The molecule has 0 amide bonds. The van der Waals surface area contributed by atoms with Crippen molar-refractivity contribution >= 4 is 11.6 Å². The van der Waals surface area contributed by atoms with Crippen molar-refractivity contribution in [2.75, 3.05) is 19.6 Å². The Balaban J connectivity index is 2.54. The molecule has 0 aromatic heterocycles. The SMILES string of the molecule is CCN(CC)CC(C)NC(C)c1ccccc1Cl. The van der Waals surface area contributed by atoms with E-state index in [1.807, 2.05) is 18.2 Å². The quantitative estimate of drug-likeness (QED) is 0.811. The molecule has 102 valence electrons. The number of hydrogen-bond acceptors (Lipinski definition) is 2. The average Bonchev–Trinajstić information content (AvgIpc) is 2.36. The number of hydrogen-bond donors (Lipinski definition) is 1. The first kappa shape index (κ1) is 15.5. The first-order valence-electron chi connectivity index (χ1n) is 6.81. The first-order chi connectivity index (χ1) is 8.58. The Morgan fingerprint density at radius 1 is 1.17 bits per heavy atom. The average molecular weight is 269 g/mol. The number of nitrogens with one attached hydrogen (secondary N) is 1. The molecule has 0 fully saturated rings. The Kier molecular flexibility index (Phi) is 6.69. The van der Waals surface area contributed by atoms with E-state index in [0.29, 0.717) is 6.04 Å². The van der Waals surface area contributed by atoms with E-state index in [1.165, 1.54) is 5.56 Å². The van der Waals surface area contributed by atoms with Crippen LogP contribution >= 0.6 is 11.6 Å². The molecule has 1 N–H and O–H groups in total. The topological polar surface area (TPSA) is 15.3 Å². The van der Waals surface area contributed by atoms with E-state index < -0.39 is 0 Å². The fourth-order valence-electron chi connectivity index (χ4n) is 2.26. The van der Waals surface area contributed by atoms with Crippen molar-refractivity contribution in [1.82, 2.24) is 10.2 Å². The summed E-state index contributed by atoms with van der Waals surface area (Å²) in [6.07, 6.45) is 0. The summed E-state index contributed by atoms with van der Waals surface area (Å²) in [6.45, 7) is 12.1. The van der Waals surface area contributed by atoms with Crippen LogP contribution in [0.3, 0.4) is 0 Å². The van der Waals surface area contributed by atoms with Crippen LogP contribution in [0.5, 0.6) is 0 Å². The zero-order valence-electron chi connectivity index (χ0n) is 11.9. The maximum Gasteiger partial charge on any atom is 0.0453 e. The summed E-state index contributed by atoms with van der Waals surface area (Å²) in [5, 5.41) is 4.45. The summed E-state index contributed by atoms with van der Waals surface area (Å²) in [5.41, 5.74) is 1.17. The van der Waals surface area contributed by atoms with Crippen LogP contribution in [-0.2, 0) is 0 Å². The fraction of sp³-hybridized carbons (Fsp3) is 0.600. The highest BCUT2D eigenvalue weighted by Gasteiger charge is 2.13. The molecule has 0 radical (unpaired) electrons. The van der Waals surface area contributed by atoms with Crippen LogP contribution in [0, 0.1) is 0 Å². The van der Waals surface area contributed by atoms with E-state index in [1.54, 1.807) is 0 Å². The molecular weight excluding hydrogens is 244 g/mol. The number of benzene rings is 1. The molecule has 0 aliphatic carbocycles. The minimum atomic E-state index is 0.282. The lowest BCUT2D eigenvalue weighted by Crippen LogP contribution is -2.40. The second-order valence-electron chi connectivity index (χ2n) is 4.80. The largest absolute Gasteiger partial charge is 0.306 e. The van der Waals surface area contributed by atoms with Crippen molar-refractivity contribution in [3.05, 3.63) is 34.9 Å². The van der Waals surface area contributed by atoms with E-state index >= 15 is 0 Å². The number of rotatable bonds is 7. The molecule has 0 heterocycles. The van der Waals surface area contributed by atoms with E-state index in [0.717, 1.165) is 24.7 Å². The predicted octanol–water partition coefficient (Wildman–Crippen LogP) is 3.72. The molecule has 18 heavy (non-hydrogen) atoms. The Morgan fingerprint density at radius 3 is 2.33 bits per heavy atom. The zero-order chi connectivity index (χ0) is 13.5. The summed E-state index contributed by atoms with van der Waals surface area (Å²) in [7, 11) is 0. The van der Waals surface area contributed by atoms with Gasteiger partial charge in [-0.25, -0.2) is 0 Å². The van der Waals surface area contributed by atoms with Gasteiger partial charge in [0.25, 0.3) is 0 Å². The van der Waals surface area contributed by atoms with Crippen LogP contribution in [0.25, 0.3) is 0 Å². The number of nitrogens with zero attached hydrogens (tertiary/aromatic N) is 1. The van der Waals surface area contributed by atoms with Crippen molar-refractivity contribution in [1.29, 1.82) is 0 Å². The highest BCUT2D eigenvalue weighted by atomic mass is 35.5. The summed E-state index contributed by atoms with van der Waals surface area (Å²) in [5.74, 6) is 0. The van der Waals surface area contributed by atoms with Crippen LogP contribution in [0.15, 0.2) is 24.3 Å². The summed E-state index contributed by atoms with van der Waals surface area (Å²) in [6, 6.07) is 8.78. The van der Waals surface area contributed by atoms with Crippen LogP contribution in [-0.4, -0.2) is 30.6 Å². The van der Waals surface area contributed by atoms with Gasteiger partial charge in [-0.1, -0.05) is 43.6 Å². The lowest BCUT2D eigenvalue weighted by molar-refractivity contribution is 0.264. The van der Waals surface area contributed by atoms with Gasteiger partial charge in [0.1, 0.15) is 0 Å². The van der Waals surface area contributed by atoms with Gasteiger partial charge in [0.2, 0.25) is 0 Å². The van der Waals surface area contributed by atoms with Crippen molar-refractivity contribution in [2.45, 2.75) is 39.8 Å². The molecule has 0 aliphatic rings. The fourth-order valence-corrected chi connectivity index (χ4v) is 2.56. The third kappa shape index (κ3) is 4.60. The van der Waals surface area contributed by atoms with Crippen molar-refractivity contribution in [3.63, 3.8) is 0 Å². The molecule has 3 heteroatoms. The standard InChI is InChI=1S/C15H25ClN2/c1-5-18(6-2)11-12(3)17-13(4)14-9-7-8-10-15(14)16/h7-10,12-13,17H,5-6,11H2,1-4H3. The summed E-state index contributed by atoms with van der Waals surface area (Å²) in [4.78, 5) is 2.43. The number of halogens is 1. The maximum absolute atomic E-state index is 6.21. The lowest BCUT2D eigenvalue weighted by Gasteiger charge is -2.26. The lowest BCUT2D eigenvalue weighted by atomic mass is 10.1. The molecule has 2 nitrogen and oxygen atoms in total. The minimum absolute atomic E-state index is 0.282. The second kappa shape index (κ2) is 7.78. The second-order valence-corrected chi connectivity index (χ2v) is 5.20. The van der Waals surface area contributed by atoms with E-state index in [9.17, 15) is 0 Å². The van der Waals surface area contributed by atoms with Gasteiger partial charge in [-0.15, -0.1) is 0 Å². The van der Waals surface area contributed by atoms with Crippen LogP contribution in [0.2, 0.25) is 5.02 Å². The Hall–Kier alpha value is -0.570. The third-order valence-corrected chi connectivity index (χ3v) is 3.68. The van der Waals surface area contributed by atoms with Crippen LogP contribution in [0.1, 0.15) is 39.3 Å². The predicted molar refractivity (Wildman–Crippen MR) is 80.3 cm³/mol. The van der Waals surface area contributed by atoms with Gasteiger partial charge < -0.3 is 10.2 Å². The van der Waals surface area contributed by atoms with E-state index in [2.05, 4.69) is 44.0 Å². The smallest absolute Gasteiger partial charge is 0.0453 e. The van der Waals surface area contributed by atoms with Crippen molar-refractivity contribution in [3.8, 4) is 0 Å². The molecule has 2 atom stereocenters. The summed E-state index contributed by atoms with van der Waals surface area (Å²) < 4.78 is 0. The van der Waals surface area contributed by atoms with Gasteiger partial charge in [0.05, 0.1) is 0 Å². The monoisotopic (exact) mass is 268 g/mol. The van der Waals surface area contributed by atoms with Crippen LogP contribution < -0.4 is 5.32 Å². The normalized spacial score (nSPS) is 14.8. The van der Waals surface area contributed by atoms with E-state index in [-0.39, 0.29) is 6.04 Å². The maximum atomic E-state index is 6.21. The van der Waals surface area contributed by atoms with Crippen LogP contribution in [0.4, 0.5) is 0 Å². The van der Waals surface area contributed by atoms with Gasteiger partial charge in [-0.3, -0.25) is 0 Å². The summed E-state index contributed by atoms with van der Waals surface area (Å²) >= 11 is 6.21. The van der Waals surface area contributed by atoms with Gasteiger partial charge in [0.15, 0.2) is 0 Å². The molecular formula is C15H25ClN2. The molecule has 0 saturated heterocycles. The molecule has 1 aromatic rings. The van der Waals surface area contributed by atoms with Gasteiger partial charge >= 0.3 is 0 Å². The highest BCUT2D eigenvalue weighted by molar-refractivity contribution is 6.31. The molecule has 0 bridgehead atoms. The minimum Gasteiger partial charge on any atom is -0.306 e. The Labute approximate surface area is 116 Å². The van der Waals surface area contributed by atoms with E-state index in [4.69, 9.17) is 11.6 Å². The molecule has 1 rings (SSSR count).